The molecule has 3 heterocycles. The molecule has 1 fully saturated rings. The van der Waals surface area contributed by atoms with Crippen LogP contribution in [0.3, 0.4) is 0 Å². The average molecular weight is 481 g/mol. The summed E-state index contributed by atoms with van der Waals surface area (Å²) in [4.78, 5) is 47.7. The first kappa shape index (κ1) is 24.1. The zero-order valence-electron chi connectivity index (χ0n) is 19.8. The van der Waals surface area contributed by atoms with Crippen LogP contribution in [-0.4, -0.2) is 62.6 Å². The van der Waals surface area contributed by atoms with Gasteiger partial charge in [-0.1, -0.05) is 0 Å². The summed E-state index contributed by atoms with van der Waals surface area (Å²) in [5.41, 5.74) is 2.21. The first-order valence-corrected chi connectivity index (χ1v) is 11.6. The predicted molar refractivity (Wildman–Crippen MR) is 129 cm³/mol. The lowest BCUT2D eigenvalue weighted by atomic mass is 9.96. The fraction of sp³-hybridized carbons (Fsp3) is 0.417. The molecule has 0 saturated carbocycles. The third-order valence-electron chi connectivity index (χ3n) is 6.30. The van der Waals surface area contributed by atoms with Crippen molar-refractivity contribution < 1.29 is 19.2 Å². The normalized spacial score (nSPS) is 14.2. The number of rotatable bonds is 7. The van der Waals surface area contributed by atoms with Crippen molar-refractivity contribution in [1.82, 2.24) is 19.4 Å². The maximum absolute atomic E-state index is 13.1. The number of hydrogen-bond acceptors (Lipinski definition) is 7. The Labute approximate surface area is 202 Å². The third kappa shape index (κ3) is 5.39. The van der Waals surface area contributed by atoms with Gasteiger partial charge in [-0.25, -0.2) is 9.78 Å². The van der Waals surface area contributed by atoms with E-state index in [0.29, 0.717) is 24.7 Å². The van der Waals surface area contributed by atoms with Crippen LogP contribution in [0.15, 0.2) is 42.7 Å². The molecule has 0 unspecified atom stereocenters. The Balaban J connectivity index is 1.39. The van der Waals surface area contributed by atoms with Crippen molar-refractivity contribution in [1.29, 1.82) is 0 Å². The summed E-state index contributed by atoms with van der Waals surface area (Å²) in [6.07, 6.45) is 4.54. The summed E-state index contributed by atoms with van der Waals surface area (Å²) in [6.45, 7) is 5.63. The molecule has 0 atom stereocenters. The molecule has 2 aromatic heterocycles. The smallest absolute Gasteiger partial charge is 0.414 e. The fourth-order valence-corrected chi connectivity index (χ4v) is 4.41. The number of amides is 2. The van der Waals surface area contributed by atoms with Crippen LogP contribution in [0.5, 0.6) is 0 Å². The molecule has 0 radical (unpaired) electrons. The lowest BCUT2D eigenvalue weighted by molar-refractivity contribution is -0.384. The van der Waals surface area contributed by atoms with E-state index in [4.69, 9.17) is 4.74 Å². The number of anilines is 1. The number of carbonyl (C=O) groups is 2. The first-order valence-electron chi connectivity index (χ1n) is 11.6. The molecule has 1 aliphatic heterocycles. The van der Waals surface area contributed by atoms with Gasteiger partial charge in [0.1, 0.15) is 17.9 Å². The number of imidazole rings is 1. The van der Waals surface area contributed by atoms with Gasteiger partial charge in [-0.05, 0) is 50.8 Å². The van der Waals surface area contributed by atoms with Crippen LogP contribution in [-0.2, 0) is 16.1 Å². The number of pyridine rings is 1. The minimum atomic E-state index is -0.665. The van der Waals surface area contributed by atoms with Gasteiger partial charge in [0.25, 0.3) is 5.69 Å². The lowest BCUT2D eigenvalue weighted by Gasteiger charge is -2.33. The Morgan fingerprint density at radius 3 is 2.57 bits per heavy atom. The van der Waals surface area contributed by atoms with Crippen molar-refractivity contribution in [2.45, 2.75) is 33.2 Å². The molecule has 0 bridgehead atoms. The molecule has 1 aliphatic rings. The Hall–Kier alpha value is -4.02. The minimum absolute atomic E-state index is 0.0943. The van der Waals surface area contributed by atoms with Crippen molar-refractivity contribution in [3.63, 3.8) is 0 Å². The van der Waals surface area contributed by atoms with E-state index < -0.39 is 11.0 Å². The van der Waals surface area contributed by atoms with E-state index in [9.17, 15) is 19.7 Å². The van der Waals surface area contributed by atoms with Gasteiger partial charge in [0.15, 0.2) is 0 Å². The summed E-state index contributed by atoms with van der Waals surface area (Å²) in [5.74, 6) is 1.16. The van der Waals surface area contributed by atoms with Crippen LogP contribution in [0.2, 0.25) is 0 Å². The molecule has 11 heteroatoms. The number of nitro benzene ring substituents is 1. The molecule has 3 aromatic rings. The van der Waals surface area contributed by atoms with E-state index >= 15 is 0 Å². The molecule has 184 valence electrons. The number of nitro groups is 1. The van der Waals surface area contributed by atoms with Crippen LogP contribution in [0.1, 0.15) is 25.6 Å². The second kappa shape index (κ2) is 10.5. The van der Waals surface area contributed by atoms with Crippen molar-refractivity contribution >= 4 is 34.4 Å². The molecule has 4 rings (SSSR count). The van der Waals surface area contributed by atoms with Crippen LogP contribution < -0.4 is 4.90 Å². The van der Waals surface area contributed by atoms with Crippen LogP contribution in [0, 0.1) is 23.0 Å². The summed E-state index contributed by atoms with van der Waals surface area (Å²) in [7, 11) is 0. The van der Waals surface area contributed by atoms with Crippen molar-refractivity contribution in [3.05, 3.63) is 58.7 Å². The number of non-ortho nitro benzene ring substituents is 1. The molecule has 0 N–H and O–H groups in total. The zero-order valence-corrected chi connectivity index (χ0v) is 19.8. The summed E-state index contributed by atoms with van der Waals surface area (Å²) >= 11 is 0. The molecule has 1 saturated heterocycles. The number of aryl methyl sites for hydroxylation is 1. The number of carbonyl (C=O) groups excluding carboxylic acids is 2. The number of nitrogens with zero attached hydrogens (tertiary/aromatic N) is 6. The Morgan fingerprint density at radius 2 is 1.91 bits per heavy atom. The quantitative estimate of drug-likeness (QED) is 0.374. The van der Waals surface area contributed by atoms with Gasteiger partial charge in [-0.15, -0.1) is 0 Å². The van der Waals surface area contributed by atoms with Gasteiger partial charge >= 0.3 is 6.09 Å². The number of hydrogen-bond donors (Lipinski definition) is 0. The van der Waals surface area contributed by atoms with Gasteiger partial charge in [0.05, 0.1) is 23.2 Å². The maximum Gasteiger partial charge on any atom is 0.414 e. The fourth-order valence-electron chi connectivity index (χ4n) is 4.41. The van der Waals surface area contributed by atoms with Crippen molar-refractivity contribution in [2.24, 2.45) is 5.92 Å². The van der Waals surface area contributed by atoms with E-state index in [1.807, 2.05) is 13.0 Å². The highest BCUT2D eigenvalue weighted by Crippen LogP contribution is 2.24. The van der Waals surface area contributed by atoms with Crippen LogP contribution in [0.4, 0.5) is 16.2 Å². The number of piperidine rings is 1. The SMILES string of the molecule is CCOC(=O)N(CC(=O)N1CCC(Cn2c(C)nc3cnccc32)CC1)c1ccc([N+](=O)[O-])cc1. The number of likely N-dealkylation sites (tertiary alicyclic amines) is 1. The summed E-state index contributed by atoms with van der Waals surface area (Å²) < 4.78 is 7.32. The van der Waals surface area contributed by atoms with E-state index in [1.54, 1.807) is 24.2 Å². The molecular formula is C24H28N6O5. The summed E-state index contributed by atoms with van der Waals surface area (Å²) in [6, 6.07) is 7.46. The molecule has 2 amide bonds. The van der Waals surface area contributed by atoms with Gasteiger partial charge in [-0.3, -0.25) is 24.8 Å². The van der Waals surface area contributed by atoms with Gasteiger partial charge in [0, 0.05) is 43.7 Å². The van der Waals surface area contributed by atoms with Crippen LogP contribution in [0.25, 0.3) is 11.0 Å². The van der Waals surface area contributed by atoms with Crippen molar-refractivity contribution in [3.8, 4) is 0 Å². The summed E-state index contributed by atoms with van der Waals surface area (Å²) in [5, 5.41) is 10.9. The molecule has 0 aliphatic carbocycles. The molecule has 1 aromatic carbocycles. The Kier molecular flexibility index (Phi) is 7.23. The minimum Gasteiger partial charge on any atom is -0.449 e. The first-order chi connectivity index (χ1) is 16.9. The molecule has 11 nitrogen and oxygen atoms in total. The zero-order chi connectivity index (χ0) is 24.9. The highest BCUT2D eigenvalue weighted by Gasteiger charge is 2.28. The van der Waals surface area contributed by atoms with Gasteiger partial charge in [0.2, 0.25) is 5.91 Å². The Morgan fingerprint density at radius 1 is 1.20 bits per heavy atom. The van der Waals surface area contributed by atoms with Crippen molar-refractivity contribution in [2.75, 3.05) is 31.1 Å². The molecule has 0 spiro atoms. The number of fused-ring (bicyclic) bond motifs is 1. The molecular weight excluding hydrogens is 452 g/mol. The third-order valence-corrected chi connectivity index (χ3v) is 6.30. The largest absolute Gasteiger partial charge is 0.449 e. The Bertz CT molecular complexity index is 1220. The van der Waals surface area contributed by atoms with E-state index in [-0.39, 0.29) is 24.7 Å². The van der Waals surface area contributed by atoms with Gasteiger partial charge in [-0.2, -0.15) is 0 Å². The van der Waals surface area contributed by atoms with Gasteiger partial charge < -0.3 is 14.2 Å². The second-order valence-electron chi connectivity index (χ2n) is 8.52. The highest BCUT2D eigenvalue weighted by atomic mass is 16.6. The monoisotopic (exact) mass is 480 g/mol. The number of ether oxygens (including phenoxy) is 1. The number of benzene rings is 1. The van der Waals surface area contributed by atoms with Crippen LogP contribution >= 0.6 is 0 Å². The second-order valence-corrected chi connectivity index (χ2v) is 8.52. The standard InChI is InChI=1S/C24H28N6O5/c1-3-35-24(32)29(19-4-6-20(7-5-19)30(33)34)16-23(31)27-12-9-18(10-13-27)15-28-17(2)26-21-14-25-11-8-22(21)28/h4-8,11,14,18H,3,9-10,12-13,15-16H2,1-2H3. The topological polar surface area (TPSA) is 124 Å². The predicted octanol–water partition coefficient (Wildman–Crippen LogP) is 3.55. The van der Waals surface area contributed by atoms with E-state index in [1.165, 1.54) is 29.2 Å². The maximum atomic E-state index is 13.1. The average Bonchev–Trinajstić information content (AvgIpc) is 3.18. The lowest BCUT2D eigenvalue weighted by Crippen LogP contribution is -2.46. The number of aromatic nitrogens is 3. The highest BCUT2D eigenvalue weighted by molar-refractivity contribution is 5.95. The van der Waals surface area contributed by atoms with E-state index in [0.717, 1.165) is 36.2 Å². The van der Waals surface area contributed by atoms with E-state index in [2.05, 4.69) is 14.5 Å². The molecule has 35 heavy (non-hydrogen) atoms.